The van der Waals surface area contributed by atoms with Gasteiger partial charge >= 0.3 is 0 Å². The summed E-state index contributed by atoms with van der Waals surface area (Å²) in [5.41, 5.74) is 2.92. The van der Waals surface area contributed by atoms with E-state index in [9.17, 15) is 0 Å². The minimum atomic E-state index is 0.550. The summed E-state index contributed by atoms with van der Waals surface area (Å²) in [4.78, 5) is 0. The van der Waals surface area contributed by atoms with E-state index in [0.717, 1.165) is 10.9 Å². The standard InChI is InChI=1S/C14H18ClN/c15-12-6-4-11-5-7-14(13(11)8-12)16-9-10-2-1-3-10/h4,6,8,10,14,16H,1-3,5,7,9H2. The third-order valence-electron chi connectivity index (χ3n) is 4.06. The van der Waals surface area contributed by atoms with Crippen LogP contribution in [0.2, 0.25) is 5.02 Å². The van der Waals surface area contributed by atoms with Crippen molar-refractivity contribution in [3.8, 4) is 0 Å². The van der Waals surface area contributed by atoms with Crippen molar-refractivity contribution in [3.63, 3.8) is 0 Å². The summed E-state index contributed by atoms with van der Waals surface area (Å²) in [6.07, 6.45) is 6.71. The van der Waals surface area contributed by atoms with Gasteiger partial charge in [-0.2, -0.15) is 0 Å². The molecule has 0 heterocycles. The van der Waals surface area contributed by atoms with Crippen LogP contribution in [0.3, 0.4) is 0 Å². The van der Waals surface area contributed by atoms with Gasteiger partial charge < -0.3 is 5.32 Å². The molecule has 0 aromatic heterocycles. The van der Waals surface area contributed by atoms with Crippen molar-refractivity contribution >= 4 is 11.6 Å². The predicted octanol–water partition coefficient (Wildman–Crippen LogP) is 3.72. The molecule has 2 aliphatic carbocycles. The maximum absolute atomic E-state index is 6.06. The van der Waals surface area contributed by atoms with Crippen molar-refractivity contribution in [2.75, 3.05) is 6.54 Å². The molecule has 2 aliphatic rings. The topological polar surface area (TPSA) is 12.0 Å². The number of rotatable bonds is 3. The summed E-state index contributed by atoms with van der Waals surface area (Å²) < 4.78 is 0. The second-order valence-electron chi connectivity index (χ2n) is 5.14. The Kier molecular flexibility index (Phi) is 2.91. The Balaban J connectivity index is 1.67. The average Bonchev–Trinajstić information content (AvgIpc) is 2.59. The first-order chi connectivity index (χ1) is 7.83. The molecule has 0 spiro atoms. The molecule has 0 aliphatic heterocycles. The quantitative estimate of drug-likeness (QED) is 0.842. The monoisotopic (exact) mass is 235 g/mol. The van der Waals surface area contributed by atoms with Gasteiger partial charge in [0.1, 0.15) is 0 Å². The van der Waals surface area contributed by atoms with E-state index in [1.165, 1.54) is 49.8 Å². The minimum absolute atomic E-state index is 0.550. The highest BCUT2D eigenvalue weighted by Gasteiger charge is 2.24. The van der Waals surface area contributed by atoms with Gasteiger partial charge in [0.2, 0.25) is 0 Å². The fraction of sp³-hybridized carbons (Fsp3) is 0.571. The Morgan fingerprint density at radius 3 is 2.88 bits per heavy atom. The molecule has 1 unspecified atom stereocenters. The molecule has 2 heteroatoms. The zero-order valence-electron chi connectivity index (χ0n) is 9.51. The Morgan fingerprint density at radius 2 is 2.12 bits per heavy atom. The van der Waals surface area contributed by atoms with E-state index in [1.807, 2.05) is 6.07 Å². The van der Waals surface area contributed by atoms with Gasteiger partial charge in [-0.1, -0.05) is 24.1 Å². The smallest absolute Gasteiger partial charge is 0.0409 e. The number of hydrogen-bond acceptors (Lipinski definition) is 1. The summed E-state index contributed by atoms with van der Waals surface area (Å²) in [5.74, 6) is 0.934. The van der Waals surface area contributed by atoms with E-state index in [4.69, 9.17) is 11.6 Å². The van der Waals surface area contributed by atoms with Crippen LogP contribution in [-0.2, 0) is 6.42 Å². The number of halogens is 1. The van der Waals surface area contributed by atoms with Crippen LogP contribution in [0.5, 0.6) is 0 Å². The third kappa shape index (κ3) is 1.99. The second-order valence-corrected chi connectivity index (χ2v) is 5.58. The average molecular weight is 236 g/mol. The molecule has 0 radical (unpaired) electrons. The Hall–Kier alpha value is -0.530. The Morgan fingerprint density at radius 1 is 1.25 bits per heavy atom. The molecule has 16 heavy (non-hydrogen) atoms. The Labute approximate surface area is 102 Å². The lowest BCUT2D eigenvalue weighted by Crippen LogP contribution is -2.29. The van der Waals surface area contributed by atoms with Crippen molar-refractivity contribution in [2.24, 2.45) is 5.92 Å². The highest BCUT2D eigenvalue weighted by atomic mass is 35.5. The molecule has 1 nitrogen and oxygen atoms in total. The van der Waals surface area contributed by atoms with Gasteiger partial charge in [0, 0.05) is 11.1 Å². The molecule has 3 rings (SSSR count). The number of benzene rings is 1. The molecule has 1 N–H and O–H groups in total. The molecule has 0 amide bonds. The van der Waals surface area contributed by atoms with Crippen LogP contribution in [0.1, 0.15) is 42.9 Å². The lowest BCUT2D eigenvalue weighted by molar-refractivity contribution is 0.289. The van der Waals surface area contributed by atoms with Crippen LogP contribution in [-0.4, -0.2) is 6.54 Å². The third-order valence-corrected chi connectivity index (χ3v) is 4.30. The lowest BCUT2D eigenvalue weighted by Gasteiger charge is -2.27. The highest BCUT2D eigenvalue weighted by Crippen LogP contribution is 2.34. The summed E-state index contributed by atoms with van der Waals surface area (Å²) >= 11 is 6.06. The predicted molar refractivity (Wildman–Crippen MR) is 67.9 cm³/mol. The van der Waals surface area contributed by atoms with Crippen LogP contribution in [0.4, 0.5) is 0 Å². The van der Waals surface area contributed by atoms with Crippen molar-refractivity contribution in [1.29, 1.82) is 0 Å². The van der Waals surface area contributed by atoms with Crippen molar-refractivity contribution < 1.29 is 0 Å². The molecule has 1 fully saturated rings. The second kappa shape index (κ2) is 4.38. The molecule has 86 valence electrons. The summed E-state index contributed by atoms with van der Waals surface area (Å²) in [6, 6.07) is 6.88. The first kappa shape index (κ1) is 10.6. The molecule has 0 bridgehead atoms. The summed E-state index contributed by atoms with van der Waals surface area (Å²) in [5, 5.41) is 4.58. The van der Waals surface area contributed by atoms with Crippen LogP contribution in [0.25, 0.3) is 0 Å². The normalized spacial score (nSPS) is 24.2. The van der Waals surface area contributed by atoms with Gasteiger partial charge in [0.05, 0.1) is 0 Å². The Bertz CT molecular complexity index is 384. The first-order valence-corrected chi connectivity index (χ1v) is 6.72. The van der Waals surface area contributed by atoms with E-state index in [1.54, 1.807) is 0 Å². The minimum Gasteiger partial charge on any atom is -0.310 e. The van der Waals surface area contributed by atoms with Crippen molar-refractivity contribution in [1.82, 2.24) is 5.32 Å². The zero-order chi connectivity index (χ0) is 11.0. The molecule has 0 saturated heterocycles. The summed E-state index contributed by atoms with van der Waals surface area (Å²) in [7, 11) is 0. The first-order valence-electron chi connectivity index (χ1n) is 6.34. The van der Waals surface area contributed by atoms with Gasteiger partial charge in [-0.15, -0.1) is 0 Å². The fourth-order valence-electron chi connectivity index (χ4n) is 2.79. The largest absolute Gasteiger partial charge is 0.310 e. The molecule has 1 aromatic carbocycles. The van der Waals surface area contributed by atoms with E-state index in [2.05, 4.69) is 17.4 Å². The van der Waals surface area contributed by atoms with Gasteiger partial charge in [0.25, 0.3) is 0 Å². The molecular weight excluding hydrogens is 218 g/mol. The van der Waals surface area contributed by atoms with Gasteiger partial charge in [0.15, 0.2) is 0 Å². The number of nitrogens with one attached hydrogen (secondary N) is 1. The number of hydrogen-bond donors (Lipinski definition) is 1. The number of fused-ring (bicyclic) bond motifs is 1. The van der Waals surface area contributed by atoms with E-state index in [0.29, 0.717) is 6.04 Å². The fourth-order valence-corrected chi connectivity index (χ4v) is 2.97. The van der Waals surface area contributed by atoms with E-state index >= 15 is 0 Å². The molecule has 1 atom stereocenters. The number of aryl methyl sites for hydroxylation is 1. The lowest BCUT2D eigenvalue weighted by atomic mass is 9.85. The van der Waals surface area contributed by atoms with E-state index in [-0.39, 0.29) is 0 Å². The SMILES string of the molecule is Clc1ccc2c(c1)C(NCC1CCC1)CC2. The summed E-state index contributed by atoms with van der Waals surface area (Å²) in [6.45, 7) is 1.19. The zero-order valence-corrected chi connectivity index (χ0v) is 10.3. The van der Waals surface area contributed by atoms with Crippen molar-refractivity contribution in [2.45, 2.75) is 38.1 Å². The maximum Gasteiger partial charge on any atom is 0.0409 e. The maximum atomic E-state index is 6.06. The van der Waals surface area contributed by atoms with Crippen LogP contribution in [0, 0.1) is 5.92 Å². The van der Waals surface area contributed by atoms with Crippen LogP contribution < -0.4 is 5.32 Å². The van der Waals surface area contributed by atoms with Gasteiger partial charge in [-0.3, -0.25) is 0 Å². The van der Waals surface area contributed by atoms with Gasteiger partial charge in [-0.05, 0) is 61.4 Å². The molecule has 1 saturated carbocycles. The highest BCUT2D eigenvalue weighted by molar-refractivity contribution is 6.30. The van der Waals surface area contributed by atoms with Crippen LogP contribution >= 0.6 is 11.6 Å². The van der Waals surface area contributed by atoms with E-state index < -0.39 is 0 Å². The van der Waals surface area contributed by atoms with Crippen LogP contribution in [0.15, 0.2) is 18.2 Å². The molecular formula is C14H18ClN. The molecule has 1 aromatic rings. The van der Waals surface area contributed by atoms with Crippen molar-refractivity contribution in [3.05, 3.63) is 34.3 Å². The van der Waals surface area contributed by atoms with Gasteiger partial charge in [-0.25, -0.2) is 0 Å².